The standard InChI is InChI=1S/C8H6F3N3/c1-5(8(9,10)11)7-6(2-12)3-13-4-14-7/h3-5H,1H3/t5-/m0/s1. The molecular weight excluding hydrogens is 195 g/mol. The van der Waals surface area contributed by atoms with E-state index in [9.17, 15) is 13.2 Å². The quantitative estimate of drug-likeness (QED) is 0.698. The Morgan fingerprint density at radius 2 is 2.14 bits per heavy atom. The molecule has 0 N–H and O–H groups in total. The third-order valence-electron chi connectivity index (χ3n) is 1.76. The zero-order chi connectivity index (χ0) is 10.8. The molecule has 0 fully saturated rings. The van der Waals surface area contributed by atoms with E-state index in [2.05, 4.69) is 9.97 Å². The molecule has 0 unspecified atom stereocenters. The first-order valence-corrected chi connectivity index (χ1v) is 3.73. The molecule has 0 saturated heterocycles. The van der Waals surface area contributed by atoms with Gasteiger partial charge in [-0.2, -0.15) is 18.4 Å². The average Bonchev–Trinajstić information content (AvgIpc) is 2.15. The molecule has 0 radical (unpaired) electrons. The molecule has 0 bridgehead atoms. The molecule has 1 atom stereocenters. The Labute approximate surface area is 78.2 Å². The zero-order valence-corrected chi connectivity index (χ0v) is 7.21. The van der Waals surface area contributed by atoms with Crippen LogP contribution in [-0.2, 0) is 0 Å². The van der Waals surface area contributed by atoms with Crippen molar-refractivity contribution in [1.82, 2.24) is 9.97 Å². The molecule has 3 nitrogen and oxygen atoms in total. The minimum Gasteiger partial charge on any atom is -0.243 e. The van der Waals surface area contributed by atoms with Gasteiger partial charge in [-0.25, -0.2) is 9.97 Å². The van der Waals surface area contributed by atoms with E-state index in [4.69, 9.17) is 5.26 Å². The molecule has 1 heterocycles. The van der Waals surface area contributed by atoms with E-state index in [1.807, 2.05) is 0 Å². The minimum absolute atomic E-state index is 0.141. The van der Waals surface area contributed by atoms with Gasteiger partial charge in [0.15, 0.2) is 0 Å². The topological polar surface area (TPSA) is 49.6 Å². The summed E-state index contributed by atoms with van der Waals surface area (Å²) in [5.41, 5.74) is -0.424. The van der Waals surface area contributed by atoms with Gasteiger partial charge in [-0.1, -0.05) is 0 Å². The van der Waals surface area contributed by atoms with Gasteiger partial charge in [0, 0.05) is 6.20 Å². The van der Waals surface area contributed by atoms with Crippen LogP contribution in [0, 0.1) is 11.3 Å². The molecule has 14 heavy (non-hydrogen) atoms. The van der Waals surface area contributed by atoms with Crippen molar-refractivity contribution in [3.05, 3.63) is 23.8 Å². The molecular formula is C8H6F3N3. The van der Waals surface area contributed by atoms with E-state index in [1.54, 1.807) is 6.07 Å². The van der Waals surface area contributed by atoms with Crippen molar-refractivity contribution < 1.29 is 13.2 Å². The van der Waals surface area contributed by atoms with Gasteiger partial charge in [0.2, 0.25) is 0 Å². The molecule has 0 aliphatic rings. The Balaban J connectivity index is 3.14. The minimum atomic E-state index is -4.39. The largest absolute Gasteiger partial charge is 0.397 e. The molecule has 1 rings (SSSR count). The molecule has 0 amide bonds. The van der Waals surface area contributed by atoms with Gasteiger partial charge in [-0.05, 0) is 6.92 Å². The summed E-state index contributed by atoms with van der Waals surface area (Å²) < 4.78 is 36.8. The summed E-state index contributed by atoms with van der Waals surface area (Å²) in [6.07, 6.45) is -2.32. The Morgan fingerprint density at radius 1 is 1.50 bits per heavy atom. The van der Waals surface area contributed by atoms with Crippen LogP contribution in [0.1, 0.15) is 24.1 Å². The fraction of sp³-hybridized carbons (Fsp3) is 0.375. The SMILES string of the molecule is C[C@@H](c1ncncc1C#N)C(F)(F)F. The van der Waals surface area contributed by atoms with Crippen LogP contribution in [-0.4, -0.2) is 16.1 Å². The lowest BCUT2D eigenvalue weighted by Gasteiger charge is -2.15. The average molecular weight is 201 g/mol. The van der Waals surface area contributed by atoms with Gasteiger partial charge in [-0.3, -0.25) is 0 Å². The van der Waals surface area contributed by atoms with Gasteiger partial charge >= 0.3 is 6.18 Å². The normalized spacial score (nSPS) is 13.4. The predicted molar refractivity (Wildman–Crippen MR) is 41.2 cm³/mol. The third kappa shape index (κ3) is 1.99. The first-order valence-electron chi connectivity index (χ1n) is 3.73. The number of rotatable bonds is 1. The molecule has 74 valence electrons. The van der Waals surface area contributed by atoms with E-state index in [-0.39, 0.29) is 11.3 Å². The third-order valence-corrected chi connectivity index (χ3v) is 1.76. The zero-order valence-electron chi connectivity index (χ0n) is 7.21. The Morgan fingerprint density at radius 3 is 2.64 bits per heavy atom. The van der Waals surface area contributed by atoms with Crippen LogP contribution in [0.15, 0.2) is 12.5 Å². The number of halogens is 3. The van der Waals surface area contributed by atoms with E-state index in [1.165, 1.54) is 0 Å². The van der Waals surface area contributed by atoms with Crippen LogP contribution >= 0.6 is 0 Å². The maximum atomic E-state index is 12.3. The predicted octanol–water partition coefficient (Wildman–Crippen LogP) is 2.01. The van der Waals surface area contributed by atoms with Gasteiger partial charge in [-0.15, -0.1) is 0 Å². The summed E-state index contributed by atoms with van der Waals surface area (Å²) in [4.78, 5) is 6.94. The smallest absolute Gasteiger partial charge is 0.243 e. The van der Waals surface area contributed by atoms with Gasteiger partial charge in [0.05, 0.1) is 17.2 Å². The lowest BCUT2D eigenvalue weighted by Crippen LogP contribution is -2.20. The summed E-state index contributed by atoms with van der Waals surface area (Å²) in [6.45, 7) is 0.961. The van der Waals surface area contributed by atoms with Gasteiger partial charge in [0.1, 0.15) is 12.4 Å². The summed E-state index contributed by atoms with van der Waals surface area (Å²) >= 11 is 0. The lowest BCUT2D eigenvalue weighted by atomic mass is 10.0. The van der Waals surface area contributed by atoms with Crippen LogP contribution in [0.5, 0.6) is 0 Å². The van der Waals surface area contributed by atoms with Crippen molar-refractivity contribution in [2.45, 2.75) is 19.0 Å². The summed E-state index contributed by atoms with van der Waals surface area (Å²) in [5.74, 6) is -1.75. The molecule has 1 aromatic heterocycles. The van der Waals surface area contributed by atoms with Gasteiger partial charge in [0.25, 0.3) is 0 Å². The monoisotopic (exact) mass is 201 g/mol. The molecule has 0 aromatic carbocycles. The summed E-state index contributed by atoms with van der Waals surface area (Å²) in [6, 6.07) is 1.62. The molecule has 6 heteroatoms. The van der Waals surface area contributed by atoms with Crippen LogP contribution in [0.4, 0.5) is 13.2 Å². The lowest BCUT2D eigenvalue weighted by molar-refractivity contribution is -0.147. The number of aromatic nitrogens is 2. The Hall–Kier alpha value is -1.64. The van der Waals surface area contributed by atoms with Crippen molar-refractivity contribution in [3.8, 4) is 6.07 Å². The maximum Gasteiger partial charge on any atom is 0.397 e. The van der Waals surface area contributed by atoms with Crippen molar-refractivity contribution >= 4 is 0 Å². The highest BCUT2D eigenvalue weighted by Gasteiger charge is 2.39. The van der Waals surface area contributed by atoms with Crippen LogP contribution < -0.4 is 0 Å². The fourth-order valence-corrected chi connectivity index (χ4v) is 0.925. The molecule has 0 aliphatic carbocycles. The van der Waals surface area contributed by atoms with E-state index in [0.717, 1.165) is 19.4 Å². The first kappa shape index (κ1) is 10.4. The second-order valence-corrected chi connectivity index (χ2v) is 2.70. The second-order valence-electron chi connectivity index (χ2n) is 2.70. The van der Waals surface area contributed by atoms with Crippen LogP contribution in [0.25, 0.3) is 0 Å². The highest BCUT2D eigenvalue weighted by molar-refractivity contribution is 5.32. The summed E-state index contributed by atoms with van der Waals surface area (Å²) in [5, 5.41) is 8.54. The van der Waals surface area contributed by atoms with Crippen LogP contribution in [0.3, 0.4) is 0 Å². The molecule has 1 aromatic rings. The van der Waals surface area contributed by atoms with Gasteiger partial charge < -0.3 is 0 Å². The Bertz CT molecular complexity index is 367. The number of hydrogen-bond acceptors (Lipinski definition) is 3. The number of alkyl halides is 3. The van der Waals surface area contributed by atoms with E-state index < -0.39 is 12.1 Å². The molecule has 0 saturated carbocycles. The molecule has 0 spiro atoms. The van der Waals surface area contributed by atoms with Crippen molar-refractivity contribution in [3.63, 3.8) is 0 Å². The van der Waals surface area contributed by atoms with Crippen molar-refractivity contribution in [1.29, 1.82) is 5.26 Å². The molecule has 0 aliphatic heterocycles. The first-order chi connectivity index (χ1) is 6.46. The fourth-order valence-electron chi connectivity index (χ4n) is 0.925. The number of nitriles is 1. The highest BCUT2D eigenvalue weighted by Crippen LogP contribution is 2.34. The maximum absolute atomic E-state index is 12.3. The van der Waals surface area contributed by atoms with Crippen LogP contribution in [0.2, 0.25) is 0 Å². The second kappa shape index (κ2) is 3.62. The number of hydrogen-bond donors (Lipinski definition) is 0. The highest BCUT2D eigenvalue weighted by atomic mass is 19.4. The summed E-state index contributed by atoms with van der Waals surface area (Å²) in [7, 11) is 0. The number of nitrogens with zero attached hydrogens (tertiary/aromatic N) is 3. The Kier molecular flexibility index (Phi) is 2.70. The van der Waals surface area contributed by atoms with Crippen molar-refractivity contribution in [2.75, 3.05) is 0 Å². The van der Waals surface area contributed by atoms with E-state index >= 15 is 0 Å². The van der Waals surface area contributed by atoms with Crippen molar-refractivity contribution in [2.24, 2.45) is 0 Å². The van der Waals surface area contributed by atoms with E-state index in [0.29, 0.717) is 0 Å².